The highest BCUT2D eigenvalue weighted by Crippen LogP contribution is 2.13. The van der Waals surface area contributed by atoms with Gasteiger partial charge in [-0.15, -0.1) is 6.42 Å². The van der Waals surface area contributed by atoms with E-state index in [2.05, 4.69) is 10.9 Å². The van der Waals surface area contributed by atoms with Crippen LogP contribution < -0.4 is 0 Å². The highest BCUT2D eigenvalue weighted by molar-refractivity contribution is 5.97. The first-order valence-electron chi connectivity index (χ1n) is 5.65. The van der Waals surface area contributed by atoms with Crippen molar-refractivity contribution in [3.05, 3.63) is 11.8 Å². The van der Waals surface area contributed by atoms with Crippen LogP contribution in [0.25, 0.3) is 0 Å². The van der Waals surface area contributed by atoms with Crippen LogP contribution in [0.3, 0.4) is 0 Å². The van der Waals surface area contributed by atoms with E-state index in [1.54, 1.807) is 19.3 Å². The second kappa shape index (κ2) is 6.64. The number of piperidine rings is 1. The first-order chi connectivity index (χ1) is 8.19. The fourth-order valence-corrected chi connectivity index (χ4v) is 1.62. The summed E-state index contributed by atoms with van der Waals surface area (Å²) in [5, 5.41) is 0. The number of imide groups is 1. The van der Waals surface area contributed by atoms with Crippen molar-refractivity contribution in [2.24, 2.45) is 4.99 Å². The summed E-state index contributed by atoms with van der Waals surface area (Å²) in [5.41, 5.74) is 0.689. The Balaban J connectivity index is 2.57. The summed E-state index contributed by atoms with van der Waals surface area (Å²) < 4.78 is 0. The highest BCUT2D eigenvalue weighted by Gasteiger charge is 2.25. The van der Waals surface area contributed by atoms with Crippen LogP contribution in [0.5, 0.6) is 0 Å². The maximum Gasteiger partial charge on any atom is 0.229 e. The Hall–Kier alpha value is -1.89. The Kier molecular flexibility index (Phi) is 5.15. The number of carbonyl (C=O) groups excluding carboxylic acids is 2. The number of rotatable bonds is 4. The van der Waals surface area contributed by atoms with Gasteiger partial charge >= 0.3 is 0 Å². The van der Waals surface area contributed by atoms with Crippen molar-refractivity contribution in [2.45, 2.75) is 32.6 Å². The van der Waals surface area contributed by atoms with E-state index in [0.717, 1.165) is 0 Å². The summed E-state index contributed by atoms with van der Waals surface area (Å²) >= 11 is 0. The van der Waals surface area contributed by atoms with E-state index in [1.807, 2.05) is 0 Å². The van der Waals surface area contributed by atoms with Crippen LogP contribution in [-0.4, -0.2) is 29.5 Å². The Morgan fingerprint density at radius 2 is 2.12 bits per heavy atom. The molecule has 0 radical (unpaired) electrons. The van der Waals surface area contributed by atoms with Crippen LogP contribution in [0.15, 0.2) is 16.8 Å². The van der Waals surface area contributed by atoms with Gasteiger partial charge in [-0.3, -0.25) is 19.5 Å². The summed E-state index contributed by atoms with van der Waals surface area (Å²) in [6.45, 7) is 2.15. The average molecular weight is 232 g/mol. The van der Waals surface area contributed by atoms with Gasteiger partial charge in [0, 0.05) is 37.4 Å². The summed E-state index contributed by atoms with van der Waals surface area (Å²) in [6, 6.07) is 0. The van der Waals surface area contributed by atoms with Crippen LogP contribution in [0, 0.1) is 12.3 Å². The Bertz CT molecular complexity index is 386. The van der Waals surface area contributed by atoms with Gasteiger partial charge in [0.2, 0.25) is 11.8 Å². The fourth-order valence-electron chi connectivity index (χ4n) is 1.62. The predicted octanol–water partition coefficient (Wildman–Crippen LogP) is 1.52. The number of carbonyl (C=O) groups is 2. The molecule has 0 bridgehead atoms. The zero-order valence-corrected chi connectivity index (χ0v) is 9.98. The van der Waals surface area contributed by atoms with Gasteiger partial charge in [-0.2, -0.15) is 0 Å². The topological polar surface area (TPSA) is 49.7 Å². The highest BCUT2D eigenvalue weighted by atomic mass is 16.2. The largest absolute Gasteiger partial charge is 0.282 e. The van der Waals surface area contributed by atoms with Crippen molar-refractivity contribution in [3.63, 3.8) is 0 Å². The molecule has 0 aromatic heterocycles. The molecule has 1 saturated heterocycles. The normalized spacial score (nSPS) is 17.6. The molecule has 4 heteroatoms. The third kappa shape index (κ3) is 3.87. The van der Waals surface area contributed by atoms with E-state index in [1.165, 1.54) is 4.90 Å². The molecule has 1 aliphatic heterocycles. The van der Waals surface area contributed by atoms with Crippen LogP contribution in [0.2, 0.25) is 0 Å². The number of terminal acetylenes is 1. The molecule has 17 heavy (non-hydrogen) atoms. The number of amides is 2. The second-order valence-electron chi connectivity index (χ2n) is 3.75. The van der Waals surface area contributed by atoms with Gasteiger partial charge in [0.25, 0.3) is 0 Å². The van der Waals surface area contributed by atoms with Gasteiger partial charge in [-0.05, 0) is 19.8 Å². The molecule has 4 nitrogen and oxygen atoms in total. The van der Waals surface area contributed by atoms with Gasteiger partial charge in [0.15, 0.2) is 0 Å². The molecule has 0 spiro atoms. The lowest BCUT2D eigenvalue weighted by Gasteiger charge is -2.24. The molecule has 0 aliphatic carbocycles. The fraction of sp³-hybridized carbons (Fsp3) is 0.462. The Labute approximate surface area is 101 Å². The van der Waals surface area contributed by atoms with Gasteiger partial charge in [0.05, 0.1) is 0 Å². The number of likely N-dealkylation sites (tertiary alicyclic amines) is 1. The molecule has 0 saturated carbocycles. The van der Waals surface area contributed by atoms with Gasteiger partial charge in [-0.25, -0.2) is 0 Å². The average Bonchev–Trinajstić information content (AvgIpc) is 2.32. The van der Waals surface area contributed by atoms with Crippen LogP contribution >= 0.6 is 0 Å². The molecule has 1 rings (SSSR count). The molecule has 90 valence electrons. The van der Waals surface area contributed by atoms with Gasteiger partial charge in [-0.1, -0.05) is 5.92 Å². The number of hydrogen-bond donors (Lipinski definition) is 0. The minimum atomic E-state index is -0.100. The van der Waals surface area contributed by atoms with E-state index in [-0.39, 0.29) is 11.8 Å². The molecule has 0 N–H and O–H groups in total. The standard InChI is InChI=1S/C13H16N2O2/c1-3-11(10-14-4-2)8-9-15-12(16)6-5-7-13(15)17/h1,4,10H,5-9H2,2H3/b11-10+,14-4?. The van der Waals surface area contributed by atoms with Crippen LogP contribution in [-0.2, 0) is 9.59 Å². The summed E-state index contributed by atoms with van der Waals surface area (Å²) in [4.78, 5) is 28.3. The zero-order valence-electron chi connectivity index (χ0n) is 9.98. The smallest absolute Gasteiger partial charge is 0.229 e. The molecular weight excluding hydrogens is 216 g/mol. The third-order valence-electron chi connectivity index (χ3n) is 2.55. The SMILES string of the molecule is C#C/C(=C\N=CC)CCN1C(=O)CCCC1=O. The predicted molar refractivity (Wildman–Crippen MR) is 66.3 cm³/mol. The molecule has 0 aromatic rings. The molecular formula is C13H16N2O2. The quantitative estimate of drug-likeness (QED) is 0.419. The number of hydrogen-bond acceptors (Lipinski definition) is 3. The number of nitrogens with zero attached hydrogens (tertiary/aromatic N) is 2. The lowest BCUT2D eigenvalue weighted by atomic mass is 10.1. The maximum absolute atomic E-state index is 11.5. The van der Waals surface area contributed by atoms with E-state index in [0.29, 0.717) is 37.8 Å². The van der Waals surface area contributed by atoms with Crippen LogP contribution in [0.1, 0.15) is 32.6 Å². The summed E-state index contributed by atoms with van der Waals surface area (Å²) in [6.07, 6.45) is 10.6. The molecule has 0 unspecified atom stereocenters. The maximum atomic E-state index is 11.5. The van der Waals surface area contributed by atoms with Crippen molar-refractivity contribution in [3.8, 4) is 12.3 Å². The molecule has 0 atom stereocenters. The third-order valence-corrected chi connectivity index (χ3v) is 2.55. The molecule has 1 heterocycles. The van der Waals surface area contributed by atoms with Crippen molar-refractivity contribution in [1.29, 1.82) is 0 Å². The van der Waals surface area contributed by atoms with E-state index in [9.17, 15) is 9.59 Å². The summed E-state index contributed by atoms with van der Waals surface area (Å²) in [7, 11) is 0. The van der Waals surface area contributed by atoms with Crippen LogP contribution in [0.4, 0.5) is 0 Å². The minimum Gasteiger partial charge on any atom is -0.282 e. The first-order valence-corrected chi connectivity index (χ1v) is 5.65. The first kappa shape index (κ1) is 13.2. The van der Waals surface area contributed by atoms with Crippen molar-refractivity contribution >= 4 is 18.0 Å². The Morgan fingerprint density at radius 3 is 2.65 bits per heavy atom. The van der Waals surface area contributed by atoms with Gasteiger partial charge < -0.3 is 0 Å². The van der Waals surface area contributed by atoms with E-state index >= 15 is 0 Å². The zero-order chi connectivity index (χ0) is 12.7. The number of aliphatic imine (C=N–C) groups is 1. The second-order valence-corrected chi connectivity index (χ2v) is 3.75. The summed E-state index contributed by atoms with van der Waals surface area (Å²) in [5.74, 6) is 2.30. The van der Waals surface area contributed by atoms with E-state index < -0.39 is 0 Å². The van der Waals surface area contributed by atoms with Gasteiger partial charge in [0.1, 0.15) is 0 Å². The molecule has 1 aliphatic rings. The van der Waals surface area contributed by atoms with Crippen molar-refractivity contribution in [2.75, 3.05) is 6.54 Å². The minimum absolute atomic E-state index is 0.100. The van der Waals surface area contributed by atoms with E-state index in [4.69, 9.17) is 6.42 Å². The molecule has 0 aromatic carbocycles. The van der Waals surface area contributed by atoms with Crippen molar-refractivity contribution in [1.82, 2.24) is 4.90 Å². The molecule has 2 amide bonds. The lowest BCUT2D eigenvalue weighted by molar-refractivity contribution is -0.147. The van der Waals surface area contributed by atoms with Crippen molar-refractivity contribution < 1.29 is 9.59 Å². The lowest BCUT2D eigenvalue weighted by Crippen LogP contribution is -2.40. The Morgan fingerprint density at radius 1 is 1.47 bits per heavy atom. The monoisotopic (exact) mass is 232 g/mol. The molecule has 1 fully saturated rings.